The number of urea groups is 1. The first kappa shape index (κ1) is 16.5. The van der Waals surface area contributed by atoms with Gasteiger partial charge in [-0.3, -0.25) is 4.90 Å². The number of hydrogen-bond acceptors (Lipinski definition) is 5. The lowest BCUT2D eigenvalue weighted by molar-refractivity contribution is 0.0206. The zero-order valence-corrected chi connectivity index (χ0v) is 13.6. The minimum Gasteiger partial charge on any atom is -0.379 e. The Hall–Kier alpha value is -0.860. The average Bonchev–Trinajstić information content (AvgIpc) is 2.84. The van der Waals surface area contributed by atoms with Crippen molar-refractivity contribution in [3.05, 3.63) is 0 Å². The fraction of sp³-hybridized carbons (Fsp3) is 0.923. The van der Waals surface area contributed by atoms with Gasteiger partial charge in [0.05, 0.1) is 24.7 Å². The van der Waals surface area contributed by atoms with Crippen LogP contribution in [0.15, 0.2) is 0 Å². The zero-order chi connectivity index (χ0) is 15.5. The second-order valence-electron chi connectivity index (χ2n) is 5.85. The predicted molar refractivity (Wildman–Crippen MR) is 80.1 cm³/mol. The van der Waals surface area contributed by atoms with Crippen molar-refractivity contribution in [2.75, 3.05) is 51.4 Å². The summed E-state index contributed by atoms with van der Waals surface area (Å²) in [7, 11) is -1.30. The molecule has 2 fully saturated rings. The van der Waals surface area contributed by atoms with Crippen molar-refractivity contribution in [1.29, 1.82) is 0 Å². The first-order chi connectivity index (χ1) is 9.89. The van der Waals surface area contributed by atoms with Crippen molar-refractivity contribution < 1.29 is 17.9 Å². The third kappa shape index (κ3) is 4.55. The maximum atomic E-state index is 12.1. The van der Waals surface area contributed by atoms with Gasteiger partial charge in [-0.15, -0.1) is 0 Å². The van der Waals surface area contributed by atoms with Crippen LogP contribution in [0.2, 0.25) is 0 Å². The van der Waals surface area contributed by atoms with E-state index in [9.17, 15) is 13.2 Å². The van der Waals surface area contributed by atoms with E-state index in [0.29, 0.717) is 13.0 Å². The molecule has 2 saturated heterocycles. The van der Waals surface area contributed by atoms with Crippen LogP contribution in [0, 0.1) is 0 Å². The number of nitrogens with zero attached hydrogens (tertiary/aromatic N) is 2. The normalized spacial score (nSPS) is 27.2. The molecule has 7 nitrogen and oxygen atoms in total. The Morgan fingerprint density at radius 3 is 2.67 bits per heavy atom. The lowest BCUT2D eigenvalue weighted by Gasteiger charge is -2.33. The summed E-state index contributed by atoms with van der Waals surface area (Å²) < 4.78 is 28.2. The molecule has 2 heterocycles. The quantitative estimate of drug-likeness (QED) is 0.758. The summed E-state index contributed by atoms with van der Waals surface area (Å²) in [4.78, 5) is 15.9. The number of hydrogen-bond donors (Lipinski definition) is 1. The Morgan fingerprint density at radius 1 is 1.43 bits per heavy atom. The van der Waals surface area contributed by atoms with Crippen molar-refractivity contribution in [2.45, 2.75) is 25.4 Å². The molecule has 0 spiro atoms. The van der Waals surface area contributed by atoms with E-state index >= 15 is 0 Å². The molecule has 21 heavy (non-hydrogen) atoms. The van der Waals surface area contributed by atoms with Crippen LogP contribution in [-0.4, -0.2) is 87.7 Å². The molecule has 2 aliphatic rings. The van der Waals surface area contributed by atoms with Crippen molar-refractivity contribution in [2.24, 2.45) is 0 Å². The van der Waals surface area contributed by atoms with E-state index in [1.165, 1.54) is 4.90 Å². The average molecular weight is 319 g/mol. The Bertz CT molecular complexity index is 462. The number of morpholine rings is 1. The standard InChI is InChI=1S/C13H25N3O4S/c1-11(16-4-6-20-7-5-16)9-14-13(17)15(2)12-3-8-21(18,19)10-12/h11-12H,3-10H2,1-2H3,(H,14,17)/t11-,12-/m0/s1. The molecule has 0 aliphatic carbocycles. The van der Waals surface area contributed by atoms with Crippen molar-refractivity contribution in [3.8, 4) is 0 Å². The molecule has 2 atom stereocenters. The number of carbonyl (C=O) groups excluding carboxylic acids is 1. The summed E-state index contributed by atoms with van der Waals surface area (Å²) in [5, 5.41) is 2.89. The summed E-state index contributed by atoms with van der Waals surface area (Å²) in [6.07, 6.45) is 0.533. The van der Waals surface area contributed by atoms with E-state index in [2.05, 4.69) is 17.1 Å². The number of rotatable bonds is 4. The van der Waals surface area contributed by atoms with Gasteiger partial charge in [0.25, 0.3) is 0 Å². The largest absolute Gasteiger partial charge is 0.379 e. The predicted octanol–water partition coefficient (Wildman–Crippen LogP) is -0.464. The number of amides is 2. The Balaban J connectivity index is 1.76. The maximum absolute atomic E-state index is 12.1. The molecule has 2 aliphatic heterocycles. The molecule has 0 radical (unpaired) electrons. The van der Waals surface area contributed by atoms with Gasteiger partial charge in [-0.1, -0.05) is 0 Å². The molecule has 0 aromatic heterocycles. The summed E-state index contributed by atoms with van der Waals surface area (Å²) in [5.41, 5.74) is 0. The van der Waals surface area contributed by atoms with E-state index in [-0.39, 0.29) is 29.6 Å². The van der Waals surface area contributed by atoms with Gasteiger partial charge in [-0.25, -0.2) is 13.2 Å². The highest BCUT2D eigenvalue weighted by Gasteiger charge is 2.32. The third-order valence-electron chi connectivity index (χ3n) is 4.29. The highest BCUT2D eigenvalue weighted by Crippen LogP contribution is 2.16. The topological polar surface area (TPSA) is 79.0 Å². The van der Waals surface area contributed by atoms with Gasteiger partial charge in [0.15, 0.2) is 9.84 Å². The van der Waals surface area contributed by atoms with E-state index in [0.717, 1.165) is 26.3 Å². The van der Waals surface area contributed by atoms with E-state index in [1.807, 2.05) is 0 Å². The number of nitrogens with one attached hydrogen (secondary N) is 1. The van der Waals surface area contributed by atoms with Gasteiger partial charge in [0.2, 0.25) is 0 Å². The molecule has 0 aromatic rings. The van der Waals surface area contributed by atoms with Gasteiger partial charge in [-0.2, -0.15) is 0 Å². The molecular formula is C13H25N3O4S. The second kappa shape index (κ2) is 6.93. The van der Waals surface area contributed by atoms with E-state index < -0.39 is 9.84 Å². The number of carbonyl (C=O) groups is 1. The van der Waals surface area contributed by atoms with Crippen LogP contribution in [0.25, 0.3) is 0 Å². The number of sulfone groups is 1. The minimum absolute atomic E-state index is 0.0793. The minimum atomic E-state index is -2.97. The first-order valence-corrected chi connectivity index (χ1v) is 9.24. The molecule has 2 rings (SSSR count). The van der Waals surface area contributed by atoms with Gasteiger partial charge in [0, 0.05) is 38.8 Å². The zero-order valence-electron chi connectivity index (χ0n) is 12.7. The summed E-state index contributed by atoms with van der Waals surface area (Å²) in [6, 6.07) is -0.149. The van der Waals surface area contributed by atoms with Crippen molar-refractivity contribution in [3.63, 3.8) is 0 Å². The van der Waals surface area contributed by atoms with Crippen LogP contribution in [-0.2, 0) is 14.6 Å². The van der Waals surface area contributed by atoms with Crippen LogP contribution in [0.5, 0.6) is 0 Å². The van der Waals surface area contributed by atoms with Crippen LogP contribution in [0.4, 0.5) is 4.79 Å². The molecule has 2 amide bonds. The Labute approximate surface area is 126 Å². The van der Waals surface area contributed by atoms with Crippen molar-refractivity contribution >= 4 is 15.9 Å². The molecule has 0 bridgehead atoms. The fourth-order valence-electron chi connectivity index (χ4n) is 2.75. The third-order valence-corrected chi connectivity index (χ3v) is 6.04. The smallest absolute Gasteiger partial charge is 0.317 e. The van der Waals surface area contributed by atoms with Gasteiger partial charge >= 0.3 is 6.03 Å². The Kier molecular flexibility index (Phi) is 5.45. The van der Waals surface area contributed by atoms with E-state index in [1.54, 1.807) is 7.05 Å². The van der Waals surface area contributed by atoms with Crippen LogP contribution in [0.3, 0.4) is 0 Å². The van der Waals surface area contributed by atoms with Crippen LogP contribution in [0.1, 0.15) is 13.3 Å². The fourth-order valence-corrected chi connectivity index (χ4v) is 4.53. The molecule has 8 heteroatoms. The lowest BCUT2D eigenvalue weighted by atomic mass is 10.2. The molecule has 0 aromatic carbocycles. The highest BCUT2D eigenvalue weighted by atomic mass is 32.2. The molecule has 1 N–H and O–H groups in total. The molecule has 0 unspecified atom stereocenters. The summed E-state index contributed by atoms with van der Waals surface area (Å²) in [5.74, 6) is 0.259. The summed E-state index contributed by atoms with van der Waals surface area (Å²) >= 11 is 0. The highest BCUT2D eigenvalue weighted by molar-refractivity contribution is 7.91. The summed E-state index contributed by atoms with van der Waals surface area (Å²) in [6.45, 7) is 5.87. The Morgan fingerprint density at radius 2 is 2.10 bits per heavy atom. The van der Waals surface area contributed by atoms with Crippen LogP contribution < -0.4 is 5.32 Å². The van der Waals surface area contributed by atoms with Crippen molar-refractivity contribution in [1.82, 2.24) is 15.1 Å². The van der Waals surface area contributed by atoms with Crippen LogP contribution >= 0.6 is 0 Å². The first-order valence-electron chi connectivity index (χ1n) is 7.42. The van der Waals surface area contributed by atoms with Gasteiger partial charge in [-0.05, 0) is 13.3 Å². The maximum Gasteiger partial charge on any atom is 0.317 e. The lowest BCUT2D eigenvalue weighted by Crippen LogP contribution is -2.50. The van der Waals surface area contributed by atoms with E-state index in [4.69, 9.17) is 4.74 Å². The van der Waals surface area contributed by atoms with Gasteiger partial charge in [0.1, 0.15) is 0 Å². The second-order valence-corrected chi connectivity index (χ2v) is 8.08. The molecule has 0 saturated carbocycles. The monoisotopic (exact) mass is 319 g/mol. The van der Waals surface area contributed by atoms with Gasteiger partial charge < -0.3 is 15.0 Å². The molecule has 122 valence electrons. The molecular weight excluding hydrogens is 294 g/mol. The SMILES string of the molecule is C[C@@H](CNC(=O)N(C)[C@H]1CCS(=O)(=O)C1)N1CCOCC1. The number of ether oxygens (including phenoxy) is 1.